The second kappa shape index (κ2) is 6.02. The zero-order chi connectivity index (χ0) is 13.0. The second-order valence-electron chi connectivity index (χ2n) is 3.76. The van der Waals surface area contributed by atoms with Gasteiger partial charge in [0.15, 0.2) is 0 Å². The molecule has 1 N–H and O–H groups in total. The van der Waals surface area contributed by atoms with Crippen molar-refractivity contribution in [1.82, 2.24) is 5.32 Å². The Morgan fingerprint density at radius 2 is 2.22 bits per heavy atom. The Hall–Kier alpha value is -1.33. The Morgan fingerprint density at radius 3 is 3.00 bits per heavy atom. The highest BCUT2D eigenvalue weighted by Crippen LogP contribution is 2.26. The van der Waals surface area contributed by atoms with Crippen molar-refractivity contribution in [1.29, 1.82) is 0 Å². The lowest BCUT2D eigenvalue weighted by atomic mass is 10.2. The minimum atomic E-state index is -0.330. The van der Waals surface area contributed by atoms with Crippen LogP contribution in [-0.2, 0) is 13.2 Å². The fourth-order valence-electron chi connectivity index (χ4n) is 1.57. The normalized spacial score (nSPS) is 10.6. The Morgan fingerprint density at radius 1 is 1.39 bits per heavy atom. The summed E-state index contributed by atoms with van der Waals surface area (Å²) in [4.78, 5) is 0. The van der Waals surface area contributed by atoms with Gasteiger partial charge in [-0.25, -0.2) is 4.39 Å². The molecule has 0 atom stereocenters. The zero-order valence-electron chi connectivity index (χ0n) is 9.87. The average molecular weight is 314 g/mol. The number of benzene rings is 1. The van der Waals surface area contributed by atoms with Gasteiger partial charge in [0.2, 0.25) is 0 Å². The van der Waals surface area contributed by atoms with Crippen LogP contribution < -0.4 is 10.1 Å². The minimum absolute atomic E-state index is 0.270. The van der Waals surface area contributed by atoms with Crippen LogP contribution in [0.3, 0.4) is 0 Å². The standard InChI is InChI=1S/C13H13BrFNO2/c1-16-7-9-4-5-17-13(9)8-18-12-6-10(15)2-3-11(12)14/h2-6,16H,7-8H2,1H3. The fourth-order valence-corrected chi connectivity index (χ4v) is 1.93. The van der Waals surface area contributed by atoms with Crippen LogP contribution in [0.2, 0.25) is 0 Å². The highest BCUT2D eigenvalue weighted by Gasteiger charge is 2.08. The summed E-state index contributed by atoms with van der Waals surface area (Å²) in [6.07, 6.45) is 1.62. The fraction of sp³-hybridized carbons (Fsp3) is 0.231. The Bertz CT molecular complexity index is 527. The van der Waals surface area contributed by atoms with E-state index in [-0.39, 0.29) is 12.4 Å². The third-order valence-corrected chi connectivity index (χ3v) is 3.11. The zero-order valence-corrected chi connectivity index (χ0v) is 11.5. The summed E-state index contributed by atoms with van der Waals surface area (Å²) >= 11 is 3.31. The van der Waals surface area contributed by atoms with Crippen molar-refractivity contribution in [3.8, 4) is 5.75 Å². The van der Waals surface area contributed by atoms with Gasteiger partial charge >= 0.3 is 0 Å². The van der Waals surface area contributed by atoms with Crippen molar-refractivity contribution in [2.24, 2.45) is 0 Å². The number of ether oxygens (including phenoxy) is 1. The minimum Gasteiger partial charge on any atom is -0.484 e. The lowest BCUT2D eigenvalue weighted by Crippen LogP contribution is -2.07. The molecule has 2 rings (SSSR count). The van der Waals surface area contributed by atoms with Crippen molar-refractivity contribution in [2.45, 2.75) is 13.2 Å². The van der Waals surface area contributed by atoms with Crippen molar-refractivity contribution in [3.05, 3.63) is 52.1 Å². The van der Waals surface area contributed by atoms with E-state index in [4.69, 9.17) is 9.15 Å². The molecule has 0 aliphatic carbocycles. The molecule has 0 unspecified atom stereocenters. The van der Waals surface area contributed by atoms with Gasteiger partial charge in [-0.15, -0.1) is 0 Å². The van der Waals surface area contributed by atoms with Gasteiger partial charge in [-0.3, -0.25) is 0 Å². The van der Waals surface area contributed by atoms with E-state index in [1.807, 2.05) is 13.1 Å². The van der Waals surface area contributed by atoms with Gasteiger partial charge < -0.3 is 14.5 Å². The van der Waals surface area contributed by atoms with Crippen LogP contribution in [0.5, 0.6) is 5.75 Å². The van der Waals surface area contributed by atoms with Crippen molar-refractivity contribution < 1.29 is 13.5 Å². The van der Waals surface area contributed by atoms with Crippen LogP contribution in [0.25, 0.3) is 0 Å². The number of hydrogen-bond acceptors (Lipinski definition) is 3. The van der Waals surface area contributed by atoms with Gasteiger partial charge in [-0.05, 0) is 41.2 Å². The van der Waals surface area contributed by atoms with Crippen LogP contribution in [-0.4, -0.2) is 7.05 Å². The van der Waals surface area contributed by atoms with Crippen molar-refractivity contribution in [2.75, 3.05) is 7.05 Å². The first-order valence-corrected chi connectivity index (χ1v) is 6.27. The number of nitrogens with one attached hydrogen (secondary N) is 1. The van der Waals surface area contributed by atoms with E-state index in [9.17, 15) is 4.39 Å². The maximum Gasteiger partial charge on any atom is 0.146 e. The molecule has 0 spiro atoms. The summed E-state index contributed by atoms with van der Waals surface area (Å²) in [6.45, 7) is 0.978. The van der Waals surface area contributed by atoms with E-state index >= 15 is 0 Å². The van der Waals surface area contributed by atoms with E-state index in [0.29, 0.717) is 16.8 Å². The van der Waals surface area contributed by atoms with Crippen LogP contribution in [0.4, 0.5) is 4.39 Å². The van der Waals surface area contributed by atoms with Gasteiger partial charge in [-0.2, -0.15) is 0 Å². The summed E-state index contributed by atoms with van der Waals surface area (Å²) in [6, 6.07) is 6.21. The molecule has 1 heterocycles. The van der Waals surface area contributed by atoms with E-state index in [1.165, 1.54) is 12.1 Å². The smallest absolute Gasteiger partial charge is 0.146 e. The average Bonchev–Trinajstić information content (AvgIpc) is 2.78. The topological polar surface area (TPSA) is 34.4 Å². The van der Waals surface area contributed by atoms with Gasteiger partial charge in [0, 0.05) is 18.2 Å². The molecule has 0 saturated heterocycles. The molecule has 5 heteroatoms. The molecule has 1 aromatic heterocycles. The lowest BCUT2D eigenvalue weighted by Gasteiger charge is -2.08. The maximum absolute atomic E-state index is 13.1. The van der Waals surface area contributed by atoms with Crippen LogP contribution in [0, 0.1) is 5.82 Å². The highest BCUT2D eigenvalue weighted by molar-refractivity contribution is 9.10. The summed E-state index contributed by atoms with van der Waals surface area (Å²) in [7, 11) is 1.86. The Balaban J connectivity index is 2.06. The molecule has 0 saturated carbocycles. The number of furan rings is 1. The molecule has 96 valence electrons. The molecule has 0 aliphatic heterocycles. The predicted molar refractivity (Wildman–Crippen MR) is 69.9 cm³/mol. The quantitative estimate of drug-likeness (QED) is 0.917. The lowest BCUT2D eigenvalue weighted by molar-refractivity contribution is 0.265. The first kappa shape index (κ1) is 13.1. The molecule has 0 amide bonds. The van der Waals surface area contributed by atoms with Gasteiger partial charge in [0.1, 0.15) is 23.9 Å². The van der Waals surface area contributed by atoms with Gasteiger partial charge in [0.05, 0.1) is 10.7 Å². The van der Waals surface area contributed by atoms with E-state index in [1.54, 1.807) is 12.3 Å². The number of rotatable bonds is 5. The van der Waals surface area contributed by atoms with E-state index < -0.39 is 0 Å². The Kier molecular flexibility index (Phi) is 4.38. The monoisotopic (exact) mass is 313 g/mol. The van der Waals surface area contributed by atoms with Crippen LogP contribution >= 0.6 is 15.9 Å². The largest absolute Gasteiger partial charge is 0.484 e. The molecule has 1 aromatic carbocycles. The van der Waals surface area contributed by atoms with Crippen molar-refractivity contribution >= 4 is 15.9 Å². The summed E-state index contributed by atoms with van der Waals surface area (Å²) < 4.78 is 24.7. The molecule has 0 aliphatic rings. The summed E-state index contributed by atoms with van der Waals surface area (Å²) in [5.74, 6) is 0.866. The number of halogens is 2. The predicted octanol–water partition coefficient (Wildman–Crippen LogP) is 3.48. The molecule has 0 bridgehead atoms. The highest BCUT2D eigenvalue weighted by atomic mass is 79.9. The van der Waals surface area contributed by atoms with Gasteiger partial charge in [0.25, 0.3) is 0 Å². The van der Waals surface area contributed by atoms with Crippen LogP contribution in [0.1, 0.15) is 11.3 Å². The molecule has 18 heavy (non-hydrogen) atoms. The number of hydrogen-bond donors (Lipinski definition) is 1. The molecular formula is C13H13BrFNO2. The molecular weight excluding hydrogens is 301 g/mol. The van der Waals surface area contributed by atoms with Gasteiger partial charge in [-0.1, -0.05) is 0 Å². The van der Waals surface area contributed by atoms with Crippen LogP contribution in [0.15, 0.2) is 39.4 Å². The molecule has 3 nitrogen and oxygen atoms in total. The molecule has 0 radical (unpaired) electrons. The molecule has 0 fully saturated rings. The Labute approximate surface area is 113 Å². The SMILES string of the molecule is CNCc1ccoc1COc1cc(F)ccc1Br. The third kappa shape index (κ3) is 3.11. The first-order chi connectivity index (χ1) is 8.70. The van der Waals surface area contributed by atoms with Crippen molar-refractivity contribution in [3.63, 3.8) is 0 Å². The molecule has 2 aromatic rings. The summed E-state index contributed by atoms with van der Waals surface area (Å²) in [5.41, 5.74) is 1.03. The van der Waals surface area contributed by atoms with E-state index in [0.717, 1.165) is 11.3 Å². The summed E-state index contributed by atoms with van der Waals surface area (Å²) in [5, 5.41) is 3.04. The second-order valence-corrected chi connectivity index (χ2v) is 4.62. The third-order valence-electron chi connectivity index (χ3n) is 2.46. The van der Waals surface area contributed by atoms with E-state index in [2.05, 4.69) is 21.2 Å². The maximum atomic E-state index is 13.1. The first-order valence-electron chi connectivity index (χ1n) is 5.48.